The van der Waals surface area contributed by atoms with Crippen LogP contribution in [0.1, 0.15) is 35.2 Å². The van der Waals surface area contributed by atoms with Crippen molar-refractivity contribution in [3.63, 3.8) is 0 Å². The summed E-state index contributed by atoms with van der Waals surface area (Å²) in [5, 5.41) is 10.7. The van der Waals surface area contributed by atoms with Gasteiger partial charge in [0.2, 0.25) is 5.28 Å². The highest BCUT2D eigenvalue weighted by Crippen LogP contribution is 2.29. The van der Waals surface area contributed by atoms with Gasteiger partial charge in [-0.25, -0.2) is 13.9 Å². The van der Waals surface area contributed by atoms with E-state index < -0.39 is 6.17 Å². The molecule has 0 aliphatic rings. The maximum absolute atomic E-state index is 13.3. The largest absolute Gasteiger partial charge is 0.362 e. The van der Waals surface area contributed by atoms with Gasteiger partial charge in [0.15, 0.2) is 5.82 Å². The van der Waals surface area contributed by atoms with Crippen molar-refractivity contribution in [2.24, 2.45) is 0 Å². The van der Waals surface area contributed by atoms with Gasteiger partial charge in [-0.1, -0.05) is 0 Å². The lowest BCUT2D eigenvalue weighted by atomic mass is 10.0. The predicted molar refractivity (Wildman–Crippen MR) is 95.8 cm³/mol. The zero-order chi connectivity index (χ0) is 17.3. The van der Waals surface area contributed by atoms with Crippen LogP contribution in [-0.2, 0) is 13.0 Å². The zero-order valence-corrected chi connectivity index (χ0v) is 15.4. The third kappa shape index (κ3) is 3.37. The van der Waals surface area contributed by atoms with Crippen molar-refractivity contribution in [3.8, 4) is 0 Å². The summed E-state index contributed by atoms with van der Waals surface area (Å²) in [5.74, 6) is 0.672. The number of thiazole rings is 1. The second-order valence-corrected chi connectivity index (χ2v) is 7.09. The number of halogens is 2. The molecule has 0 saturated carbocycles. The molecule has 5 nitrogen and oxygen atoms in total. The molecule has 1 atom stereocenters. The van der Waals surface area contributed by atoms with E-state index in [1.54, 1.807) is 29.0 Å². The topological polar surface area (TPSA) is 55.1 Å². The fourth-order valence-electron chi connectivity index (χ4n) is 2.86. The molecule has 0 saturated heterocycles. The molecule has 0 fully saturated rings. The van der Waals surface area contributed by atoms with E-state index in [0.717, 1.165) is 27.3 Å². The van der Waals surface area contributed by atoms with E-state index in [-0.39, 0.29) is 5.28 Å². The van der Waals surface area contributed by atoms with Crippen LogP contribution in [-0.4, -0.2) is 25.8 Å². The predicted octanol–water partition coefficient (Wildman–Crippen LogP) is 4.36. The van der Waals surface area contributed by atoms with Crippen LogP contribution in [0.5, 0.6) is 0 Å². The van der Waals surface area contributed by atoms with Crippen molar-refractivity contribution in [2.75, 3.05) is 5.32 Å². The average molecular weight is 368 g/mol. The van der Waals surface area contributed by atoms with Gasteiger partial charge in [0.05, 0.1) is 12.7 Å². The molecule has 128 valence electrons. The molecule has 0 aliphatic carbocycles. The van der Waals surface area contributed by atoms with E-state index in [1.165, 1.54) is 0 Å². The molecule has 0 spiro atoms. The van der Waals surface area contributed by atoms with Gasteiger partial charge in [0.25, 0.3) is 0 Å². The van der Waals surface area contributed by atoms with Crippen LogP contribution in [0.3, 0.4) is 0 Å². The Kier molecular flexibility index (Phi) is 5.01. The van der Waals surface area contributed by atoms with Gasteiger partial charge in [-0.05, 0) is 56.3 Å². The molecule has 24 heavy (non-hydrogen) atoms. The Labute approximate surface area is 148 Å². The number of nitrogens with zero attached hydrogens (tertiary/aromatic N) is 4. The van der Waals surface area contributed by atoms with Gasteiger partial charge in [-0.15, -0.1) is 16.4 Å². The summed E-state index contributed by atoms with van der Waals surface area (Å²) in [7, 11) is 0. The number of nitrogens with one attached hydrogen (secondary N) is 1. The van der Waals surface area contributed by atoms with Crippen LogP contribution in [0, 0.1) is 13.8 Å². The molecule has 1 N–H and O–H groups in total. The third-order valence-corrected chi connectivity index (χ3v) is 5.01. The second kappa shape index (κ2) is 7.03. The highest BCUT2D eigenvalue weighted by molar-refractivity contribution is 7.09. The standard InChI is InChI=1S/C16H19ClFN5S/c1-9(18)4-5-12-10(2)14-15(20-8-13-19-6-7-24-13)21-16(17)22-23(14)11(12)3/h6-7,9H,4-5,8H2,1-3H3,(H,20,21,22). The second-order valence-electron chi connectivity index (χ2n) is 5.78. The molecule has 8 heteroatoms. The van der Waals surface area contributed by atoms with Crippen molar-refractivity contribution >= 4 is 34.3 Å². The number of hydrogen-bond acceptors (Lipinski definition) is 5. The van der Waals surface area contributed by atoms with Gasteiger partial charge in [0.1, 0.15) is 10.5 Å². The molecule has 0 bridgehead atoms. The maximum Gasteiger partial charge on any atom is 0.243 e. The number of rotatable bonds is 6. The summed E-state index contributed by atoms with van der Waals surface area (Å²) in [6.07, 6.45) is 2.10. The summed E-state index contributed by atoms with van der Waals surface area (Å²) in [6, 6.07) is 0. The molecule has 1 unspecified atom stereocenters. The lowest BCUT2D eigenvalue weighted by Gasteiger charge is -2.07. The first kappa shape index (κ1) is 17.1. The minimum atomic E-state index is -0.830. The number of aromatic nitrogens is 4. The molecular weight excluding hydrogens is 349 g/mol. The first-order chi connectivity index (χ1) is 11.5. The Morgan fingerprint density at radius 2 is 2.21 bits per heavy atom. The molecule has 0 radical (unpaired) electrons. The summed E-state index contributed by atoms with van der Waals surface area (Å²) in [6.45, 7) is 6.15. The molecular formula is C16H19ClFN5S. The molecule has 3 heterocycles. The molecule has 0 aromatic carbocycles. The van der Waals surface area contributed by atoms with Crippen LogP contribution in [0.4, 0.5) is 10.2 Å². The van der Waals surface area contributed by atoms with E-state index >= 15 is 0 Å². The van der Waals surface area contributed by atoms with Gasteiger partial charge in [-0.3, -0.25) is 0 Å². The maximum atomic E-state index is 13.3. The SMILES string of the molecule is Cc1c(CCC(C)F)c(C)n2nc(Cl)nc(NCc3nccs3)c12. The van der Waals surface area contributed by atoms with E-state index in [2.05, 4.69) is 20.4 Å². The Bertz CT molecular complexity index is 844. The van der Waals surface area contributed by atoms with Crippen molar-refractivity contribution in [3.05, 3.63) is 38.7 Å². The number of alkyl halides is 1. The summed E-state index contributed by atoms with van der Waals surface area (Å²) in [5.41, 5.74) is 4.03. The molecule has 0 aliphatic heterocycles. The van der Waals surface area contributed by atoms with E-state index in [0.29, 0.717) is 25.2 Å². The molecule has 3 rings (SSSR count). The average Bonchev–Trinajstić information content (AvgIpc) is 3.12. The fraction of sp³-hybridized carbons (Fsp3) is 0.438. The summed E-state index contributed by atoms with van der Waals surface area (Å²) < 4.78 is 15.1. The Morgan fingerprint density at radius 1 is 1.42 bits per heavy atom. The highest BCUT2D eigenvalue weighted by Gasteiger charge is 2.19. The first-order valence-corrected chi connectivity index (χ1v) is 9.03. The van der Waals surface area contributed by atoms with Crippen LogP contribution in [0.2, 0.25) is 5.28 Å². The first-order valence-electron chi connectivity index (χ1n) is 7.78. The summed E-state index contributed by atoms with van der Waals surface area (Å²) >= 11 is 7.67. The van der Waals surface area contributed by atoms with Crippen molar-refractivity contribution < 1.29 is 4.39 Å². The lowest BCUT2D eigenvalue weighted by molar-refractivity contribution is 0.341. The lowest BCUT2D eigenvalue weighted by Crippen LogP contribution is -2.06. The molecule has 0 amide bonds. The van der Waals surface area contributed by atoms with Crippen molar-refractivity contribution in [1.82, 2.24) is 19.6 Å². The van der Waals surface area contributed by atoms with Crippen molar-refractivity contribution in [2.45, 2.75) is 46.3 Å². The van der Waals surface area contributed by atoms with Gasteiger partial charge >= 0.3 is 0 Å². The van der Waals surface area contributed by atoms with E-state index in [4.69, 9.17) is 11.6 Å². The smallest absolute Gasteiger partial charge is 0.243 e. The van der Waals surface area contributed by atoms with Crippen LogP contribution < -0.4 is 5.32 Å². The minimum absolute atomic E-state index is 0.174. The van der Waals surface area contributed by atoms with Crippen LogP contribution >= 0.6 is 22.9 Å². The Balaban J connectivity index is 2.00. The van der Waals surface area contributed by atoms with Gasteiger partial charge in [-0.2, -0.15) is 4.98 Å². The number of aryl methyl sites for hydroxylation is 2. The minimum Gasteiger partial charge on any atom is -0.362 e. The molecule has 3 aromatic heterocycles. The van der Waals surface area contributed by atoms with Crippen molar-refractivity contribution in [1.29, 1.82) is 0 Å². The number of hydrogen-bond donors (Lipinski definition) is 1. The summed E-state index contributed by atoms with van der Waals surface area (Å²) in [4.78, 5) is 8.60. The quantitative estimate of drug-likeness (QED) is 0.703. The number of anilines is 1. The van der Waals surface area contributed by atoms with Gasteiger partial charge in [0, 0.05) is 17.3 Å². The normalized spacial score (nSPS) is 12.7. The van der Waals surface area contributed by atoms with Crippen LogP contribution in [0.25, 0.3) is 5.52 Å². The van der Waals surface area contributed by atoms with Crippen LogP contribution in [0.15, 0.2) is 11.6 Å². The molecule has 3 aromatic rings. The fourth-order valence-corrected chi connectivity index (χ4v) is 3.57. The Morgan fingerprint density at radius 3 is 2.88 bits per heavy atom. The zero-order valence-electron chi connectivity index (χ0n) is 13.8. The highest BCUT2D eigenvalue weighted by atomic mass is 35.5. The monoisotopic (exact) mass is 367 g/mol. The van der Waals surface area contributed by atoms with E-state index in [9.17, 15) is 4.39 Å². The Hall–Kier alpha value is -1.73. The third-order valence-electron chi connectivity index (χ3n) is 4.07. The number of fused-ring (bicyclic) bond motifs is 1. The van der Waals surface area contributed by atoms with E-state index in [1.807, 2.05) is 19.2 Å². The van der Waals surface area contributed by atoms with Gasteiger partial charge < -0.3 is 5.32 Å².